The van der Waals surface area contributed by atoms with E-state index in [9.17, 15) is 4.79 Å². The van der Waals surface area contributed by atoms with Crippen LogP contribution in [0.3, 0.4) is 0 Å². The summed E-state index contributed by atoms with van der Waals surface area (Å²) < 4.78 is 9.65. The van der Waals surface area contributed by atoms with Gasteiger partial charge in [0.2, 0.25) is 11.5 Å². The third-order valence-corrected chi connectivity index (χ3v) is 3.43. The number of anilines is 1. The van der Waals surface area contributed by atoms with Gasteiger partial charge in [-0.3, -0.25) is 9.69 Å². The fraction of sp³-hybridized carbons (Fsp3) is 0.500. The molecule has 0 unspecified atom stereocenters. The molecule has 21 heavy (non-hydrogen) atoms. The van der Waals surface area contributed by atoms with Crippen molar-refractivity contribution >= 4 is 11.7 Å². The Morgan fingerprint density at radius 1 is 1.29 bits per heavy atom. The molecule has 1 fully saturated rings. The van der Waals surface area contributed by atoms with E-state index in [1.165, 1.54) is 0 Å². The molecule has 1 saturated heterocycles. The predicted octanol–water partition coefficient (Wildman–Crippen LogP) is -0.0938. The lowest BCUT2D eigenvalue weighted by atomic mass is 10.2. The Labute approximate surface area is 120 Å². The van der Waals surface area contributed by atoms with Gasteiger partial charge in [-0.05, 0) is 17.2 Å². The van der Waals surface area contributed by atoms with Crippen molar-refractivity contribution in [3.05, 3.63) is 23.2 Å². The molecule has 112 valence electrons. The van der Waals surface area contributed by atoms with Crippen LogP contribution in [0, 0.1) is 6.92 Å². The molecule has 0 saturated carbocycles. The van der Waals surface area contributed by atoms with Crippen molar-refractivity contribution in [3.8, 4) is 0 Å². The Kier molecular flexibility index (Phi) is 3.57. The second-order valence-electron chi connectivity index (χ2n) is 5.00. The Bertz CT molecular complexity index is 628. The number of nitrogen functional groups attached to an aromatic ring is 1. The molecule has 2 N–H and O–H groups in total. The third kappa shape index (κ3) is 2.87. The van der Waals surface area contributed by atoms with Gasteiger partial charge in [-0.15, -0.1) is 0 Å². The summed E-state index contributed by atoms with van der Waals surface area (Å²) in [7, 11) is 0. The normalized spacial score (nSPS) is 16.3. The molecule has 3 heterocycles. The van der Waals surface area contributed by atoms with Gasteiger partial charge in [-0.1, -0.05) is 5.16 Å². The number of carbonyl (C=O) groups excluding carboxylic acids is 1. The van der Waals surface area contributed by atoms with Crippen molar-refractivity contribution in [1.82, 2.24) is 25.3 Å². The van der Waals surface area contributed by atoms with Crippen LogP contribution in [0.15, 0.2) is 15.2 Å². The number of aryl methyl sites for hydroxylation is 1. The molecule has 1 aliphatic rings. The second kappa shape index (κ2) is 5.52. The fourth-order valence-corrected chi connectivity index (χ4v) is 2.31. The molecule has 1 amide bonds. The maximum absolute atomic E-state index is 12.2. The number of nitrogens with two attached hydrogens (primary N) is 1. The number of amides is 1. The van der Waals surface area contributed by atoms with E-state index in [0.29, 0.717) is 19.6 Å². The fourth-order valence-electron chi connectivity index (χ4n) is 2.31. The number of carbonyl (C=O) groups is 1. The largest absolute Gasteiger partial charge is 0.379 e. The van der Waals surface area contributed by atoms with Crippen LogP contribution in [0.1, 0.15) is 21.9 Å². The molecule has 0 bridgehead atoms. The number of hydrogen-bond acceptors (Lipinski definition) is 8. The van der Waals surface area contributed by atoms with Crippen LogP contribution < -0.4 is 5.73 Å². The zero-order valence-electron chi connectivity index (χ0n) is 11.7. The molecule has 0 aliphatic carbocycles. The van der Waals surface area contributed by atoms with Crippen LogP contribution in [0.4, 0.5) is 5.82 Å². The average Bonchev–Trinajstić information content (AvgIpc) is 3.08. The molecule has 1 aliphatic heterocycles. The topological polar surface area (TPSA) is 115 Å². The standard InChI is InChI=1S/C12H16N6O3/c1-8-6-9(20-14-8)7-17-2-4-18(5-3-17)12(19)10-11(13)16-21-15-10/h6H,2-5,7H2,1H3,(H2,13,16). The van der Waals surface area contributed by atoms with Crippen molar-refractivity contribution in [3.63, 3.8) is 0 Å². The van der Waals surface area contributed by atoms with Crippen molar-refractivity contribution in [1.29, 1.82) is 0 Å². The molecule has 9 heteroatoms. The molecule has 0 atom stereocenters. The van der Waals surface area contributed by atoms with Gasteiger partial charge in [0.15, 0.2) is 5.76 Å². The van der Waals surface area contributed by atoms with Gasteiger partial charge in [0.05, 0.1) is 12.2 Å². The minimum atomic E-state index is -0.246. The van der Waals surface area contributed by atoms with E-state index in [2.05, 4.69) is 25.0 Å². The van der Waals surface area contributed by atoms with E-state index in [-0.39, 0.29) is 17.4 Å². The molecule has 3 rings (SSSR count). The lowest BCUT2D eigenvalue weighted by Crippen LogP contribution is -2.48. The highest BCUT2D eigenvalue weighted by Gasteiger charge is 2.26. The smallest absolute Gasteiger partial charge is 0.280 e. The summed E-state index contributed by atoms with van der Waals surface area (Å²) in [6.45, 7) is 5.26. The van der Waals surface area contributed by atoms with Gasteiger partial charge in [-0.25, -0.2) is 4.63 Å². The van der Waals surface area contributed by atoms with Gasteiger partial charge < -0.3 is 15.2 Å². The summed E-state index contributed by atoms with van der Waals surface area (Å²) >= 11 is 0. The number of hydrogen-bond donors (Lipinski definition) is 1. The van der Waals surface area contributed by atoms with Gasteiger partial charge >= 0.3 is 0 Å². The first kappa shape index (κ1) is 13.6. The molecule has 0 spiro atoms. The molecule has 2 aromatic rings. The number of piperazine rings is 1. The monoisotopic (exact) mass is 292 g/mol. The number of nitrogens with zero attached hydrogens (tertiary/aromatic N) is 5. The van der Waals surface area contributed by atoms with Crippen LogP contribution in [-0.4, -0.2) is 57.4 Å². The van der Waals surface area contributed by atoms with Crippen molar-refractivity contribution in [2.75, 3.05) is 31.9 Å². The first-order valence-corrected chi connectivity index (χ1v) is 6.65. The summed E-state index contributed by atoms with van der Waals surface area (Å²) in [5, 5.41) is 10.8. The Balaban J connectivity index is 1.55. The summed E-state index contributed by atoms with van der Waals surface area (Å²) in [5.41, 5.74) is 6.48. The molecule has 0 aromatic carbocycles. The minimum absolute atomic E-state index is 0.0274. The first-order valence-electron chi connectivity index (χ1n) is 6.65. The number of aromatic nitrogens is 3. The van der Waals surface area contributed by atoms with Crippen molar-refractivity contribution in [2.45, 2.75) is 13.5 Å². The third-order valence-electron chi connectivity index (χ3n) is 3.43. The molecular weight excluding hydrogens is 276 g/mol. The van der Waals surface area contributed by atoms with E-state index in [4.69, 9.17) is 10.3 Å². The lowest BCUT2D eigenvalue weighted by molar-refractivity contribution is 0.0608. The summed E-state index contributed by atoms with van der Waals surface area (Å²) in [5.74, 6) is 0.612. The van der Waals surface area contributed by atoms with E-state index in [1.54, 1.807) is 4.90 Å². The van der Waals surface area contributed by atoms with Gasteiger partial charge in [0, 0.05) is 32.2 Å². The predicted molar refractivity (Wildman–Crippen MR) is 71.1 cm³/mol. The van der Waals surface area contributed by atoms with Crippen LogP contribution in [0.25, 0.3) is 0 Å². The van der Waals surface area contributed by atoms with Crippen molar-refractivity contribution in [2.24, 2.45) is 0 Å². The molecule has 2 aromatic heterocycles. The summed E-state index contributed by atoms with van der Waals surface area (Å²) in [6, 6.07) is 1.92. The van der Waals surface area contributed by atoms with Crippen LogP contribution in [-0.2, 0) is 6.54 Å². The lowest BCUT2D eigenvalue weighted by Gasteiger charge is -2.33. The van der Waals surface area contributed by atoms with E-state index >= 15 is 0 Å². The maximum Gasteiger partial charge on any atom is 0.280 e. The SMILES string of the molecule is Cc1cc(CN2CCN(C(=O)c3nonc3N)CC2)on1. The van der Waals surface area contributed by atoms with E-state index in [1.807, 2.05) is 13.0 Å². The number of rotatable bonds is 3. The second-order valence-corrected chi connectivity index (χ2v) is 5.00. The highest BCUT2D eigenvalue weighted by Crippen LogP contribution is 2.13. The Morgan fingerprint density at radius 3 is 2.62 bits per heavy atom. The van der Waals surface area contributed by atoms with Gasteiger partial charge in [0.25, 0.3) is 5.91 Å². The Morgan fingerprint density at radius 2 is 2.05 bits per heavy atom. The van der Waals surface area contributed by atoms with Crippen molar-refractivity contribution < 1.29 is 13.9 Å². The average molecular weight is 292 g/mol. The molecule has 0 radical (unpaired) electrons. The zero-order valence-corrected chi connectivity index (χ0v) is 11.7. The first-order chi connectivity index (χ1) is 10.1. The highest BCUT2D eigenvalue weighted by atomic mass is 16.6. The molecule has 9 nitrogen and oxygen atoms in total. The van der Waals surface area contributed by atoms with Gasteiger partial charge in [-0.2, -0.15) is 0 Å². The summed E-state index contributed by atoms with van der Waals surface area (Å²) in [6.07, 6.45) is 0. The Hall–Kier alpha value is -2.42. The summed E-state index contributed by atoms with van der Waals surface area (Å²) in [4.78, 5) is 16.1. The van der Waals surface area contributed by atoms with Crippen LogP contribution in [0.5, 0.6) is 0 Å². The highest BCUT2D eigenvalue weighted by molar-refractivity contribution is 5.96. The van der Waals surface area contributed by atoms with E-state index in [0.717, 1.165) is 24.5 Å². The zero-order chi connectivity index (χ0) is 14.8. The minimum Gasteiger partial charge on any atom is -0.379 e. The maximum atomic E-state index is 12.2. The quantitative estimate of drug-likeness (QED) is 0.834. The van der Waals surface area contributed by atoms with Gasteiger partial charge in [0.1, 0.15) is 0 Å². The van der Waals surface area contributed by atoms with Crippen LogP contribution >= 0.6 is 0 Å². The molecular formula is C12H16N6O3. The van der Waals surface area contributed by atoms with E-state index < -0.39 is 0 Å². The van der Waals surface area contributed by atoms with Crippen LogP contribution in [0.2, 0.25) is 0 Å².